The number of amides is 2. The normalized spacial score (nSPS) is 10.9. The molecule has 0 heterocycles. The molecule has 0 aliphatic heterocycles. The van der Waals surface area contributed by atoms with Crippen LogP contribution in [0.2, 0.25) is 0 Å². The van der Waals surface area contributed by atoms with Gasteiger partial charge in [0.05, 0.1) is 13.7 Å². The largest absolute Gasteiger partial charge is 0.497 e. The Morgan fingerprint density at radius 3 is 2.21 bits per heavy atom. The van der Waals surface area contributed by atoms with Crippen LogP contribution in [0.25, 0.3) is 0 Å². The molecule has 0 aromatic heterocycles. The molecule has 0 unspecified atom stereocenters. The molecule has 156 valence electrons. The van der Waals surface area contributed by atoms with Gasteiger partial charge in [0.2, 0.25) is 11.8 Å². The molecule has 6 nitrogen and oxygen atoms in total. The van der Waals surface area contributed by atoms with Crippen molar-refractivity contribution in [3.05, 3.63) is 60.2 Å². The number of hydrogen-bond donors (Lipinski definition) is 1. The van der Waals surface area contributed by atoms with Crippen molar-refractivity contribution in [2.45, 2.75) is 27.3 Å². The molecule has 2 rings (SSSR count). The molecule has 0 radical (unpaired) electrons. The van der Waals surface area contributed by atoms with Gasteiger partial charge in [-0.3, -0.25) is 9.59 Å². The highest BCUT2D eigenvalue weighted by atomic mass is 16.5. The first-order valence-corrected chi connectivity index (χ1v) is 9.77. The molecule has 29 heavy (non-hydrogen) atoms. The summed E-state index contributed by atoms with van der Waals surface area (Å²) in [5, 5.41) is 2.80. The van der Waals surface area contributed by atoms with Crippen LogP contribution < -0.4 is 14.8 Å². The fourth-order valence-corrected chi connectivity index (χ4v) is 2.85. The molecular weight excluding hydrogens is 368 g/mol. The predicted molar refractivity (Wildman–Crippen MR) is 113 cm³/mol. The molecule has 2 aromatic carbocycles. The lowest BCUT2D eigenvalue weighted by Gasteiger charge is -2.30. The minimum absolute atomic E-state index is 0.197. The van der Waals surface area contributed by atoms with Gasteiger partial charge < -0.3 is 19.7 Å². The lowest BCUT2D eigenvalue weighted by atomic mass is 9.90. The molecule has 0 fully saturated rings. The topological polar surface area (TPSA) is 67.9 Å². The third-order valence-corrected chi connectivity index (χ3v) is 4.70. The molecule has 2 aromatic rings. The van der Waals surface area contributed by atoms with E-state index >= 15 is 0 Å². The number of hydrogen-bond acceptors (Lipinski definition) is 4. The van der Waals surface area contributed by atoms with Crippen LogP contribution in [0.3, 0.4) is 0 Å². The van der Waals surface area contributed by atoms with Crippen molar-refractivity contribution in [3.63, 3.8) is 0 Å². The number of rotatable bonds is 10. The summed E-state index contributed by atoms with van der Waals surface area (Å²) in [7, 11) is 1.61. The average molecular weight is 399 g/mol. The molecule has 0 bridgehead atoms. The highest BCUT2D eigenvalue weighted by Crippen LogP contribution is 2.21. The van der Waals surface area contributed by atoms with Gasteiger partial charge in [0.1, 0.15) is 23.5 Å². The Morgan fingerprint density at radius 1 is 1.00 bits per heavy atom. The van der Waals surface area contributed by atoms with E-state index in [1.165, 1.54) is 0 Å². The lowest BCUT2D eigenvalue weighted by molar-refractivity contribution is -0.148. The zero-order valence-corrected chi connectivity index (χ0v) is 17.6. The first-order valence-electron chi connectivity index (χ1n) is 9.77. The fourth-order valence-electron chi connectivity index (χ4n) is 2.85. The van der Waals surface area contributed by atoms with Crippen LogP contribution in [0.5, 0.6) is 11.5 Å². The molecule has 0 aliphatic rings. The number of nitrogens with one attached hydrogen (secondary N) is 1. The summed E-state index contributed by atoms with van der Waals surface area (Å²) in [5.74, 6) is 0.932. The second kappa shape index (κ2) is 10.5. The predicted octanol–water partition coefficient (Wildman–Crippen LogP) is 3.27. The molecule has 0 saturated heterocycles. The van der Waals surface area contributed by atoms with E-state index in [0.717, 1.165) is 11.3 Å². The van der Waals surface area contributed by atoms with E-state index in [9.17, 15) is 9.59 Å². The van der Waals surface area contributed by atoms with E-state index in [0.29, 0.717) is 32.0 Å². The quantitative estimate of drug-likeness (QED) is 0.493. The van der Waals surface area contributed by atoms with E-state index in [-0.39, 0.29) is 11.8 Å². The fraction of sp³-hybridized carbons (Fsp3) is 0.391. The summed E-state index contributed by atoms with van der Waals surface area (Å²) in [5.41, 5.74) is -0.128. The van der Waals surface area contributed by atoms with E-state index < -0.39 is 5.41 Å². The van der Waals surface area contributed by atoms with Crippen molar-refractivity contribution in [2.24, 2.45) is 5.41 Å². The van der Waals surface area contributed by atoms with Gasteiger partial charge in [0.25, 0.3) is 0 Å². The Morgan fingerprint density at radius 2 is 1.62 bits per heavy atom. The maximum atomic E-state index is 13.0. The van der Waals surface area contributed by atoms with E-state index in [1.807, 2.05) is 49.4 Å². The number of ether oxygens (including phenoxy) is 2. The molecule has 2 amide bonds. The van der Waals surface area contributed by atoms with Crippen molar-refractivity contribution in [1.29, 1.82) is 0 Å². The van der Waals surface area contributed by atoms with Crippen molar-refractivity contribution in [2.75, 3.05) is 26.8 Å². The minimum Gasteiger partial charge on any atom is -0.497 e. The van der Waals surface area contributed by atoms with Gasteiger partial charge in [0.15, 0.2) is 0 Å². The Kier molecular flexibility index (Phi) is 8.07. The summed E-state index contributed by atoms with van der Waals surface area (Å²) in [6.45, 7) is 6.86. The van der Waals surface area contributed by atoms with Gasteiger partial charge in [-0.15, -0.1) is 0 Å². The van der Waals surface area contributed by atoms with Crippen LogP contribution in [0, 0.1) is 5.41 Å². The maximum absolute atomic E-state index is 13.0. The first-order chi connectivity index (χ1) is 13.9. The lowest BCUT2D eigenvalue weighted by Crippen LogP contribution is -2.49. The highest BCUT2D eigenvalue weighted by Gasteiger charge is 2.38. The summed E-state index contributed by atoms with van der Waals surface area (Å²) < 4.78 is 10.7. The summed E-state index contributed by atoms with van der Waals surface area (Å²) in [6, 6.07) is 17.0. The van der Waals surface area contributed by atoms with Gasteiger partial charge in [-0.2, -0.15) is 0 Å². The van der Waals surface area contributed by atoms with Gasteiger partial charge in [-0.05, 0) is 50.6 Å². The number of carbonyl (C=O) groups excluding carboxylic acids is 2. The maximum Gasteiger partial charge on any atom is 0.237 e. The SMILES string of the molecule is CCN(Cc1ccccc1)C(=O)C(C)(C)C(=O)NCCOc1ccc(OC)cc1. The van der Waals surface area contributed by atoms with Crippen LogP contribution in [0.1, 0.15) is 26.3 Å². The molecular formula is C23H30N2O4. The summed E-state index contributed by atoms with van der Waals surface area (Å²) in [4.78, 5) is 27.3. The van der Waals surface area contributed by atoms with E-state index in [1.54, 1.807) is 38.0 Å². The van der Waals surface area contributed by atoms with E-state index in [4.69, 9.17) is 9.47 Å². The van der Waals surface area contributed by atoms with Crippen LogP contribution >= 0.6 is 0 Å². The van der Waals surface area contributed by atoms with Gasteiger partial charge in [0, 0.05) is 13.1 Å². The zero-order chi connectivity index (χ0) is 21.3. The van der Waals surface area contributed by atoms with Gasteiger partial charge in [-0.1, -0.05) is 30.3 Å². The number of carbonyl (C=O) groups is 2. The Bertz CT molecular complexity index is 788. The molecule has 0 aliphatic carbocycles. The molecule has 0 saturated carbocycles. The second-order valence-electron chi connectivity index (χ2n) is 7.21. The van der Waals surface area contributed by atoms with Crippen molar-refractivity contribution in [1.82, 2.24) is 10.2 Å². The minimum atomic E-state index is -1.16. The highest BCUT2D eigenvalue weighted by molar-refractivity contribution is 6.04. The van der Waals surface area contributed by atoms with Crippen LogP contribution in [0.15, 0.2) is 54.6 Å². The first kappa shape index (κ1) is 22.3. The number of nitrogens with zero attached hydrogens (tertiary/aromatic N) is 1. The zero-order valence-electron chi connectivity index (χ0n) is 17.6. The third kappa shape index (κ3) is 6.24. The van der Waals surface area contributed by atoms with Crippen LogP contribution in [0.4, 0.5) is 0 Å². The smallest absolute Gasteiger partial charge is 0.237 e. The second-order valence-corrected chi connectivity index (χ2v) is 7.21. The molecule has 6 heteroatoms. The average Bonchev–Trinajstić information content (AvgIpc) is 2.75. The van der Waals surface area contributed by atoms with Crippen LogP contribution in [-0.2, 0) is 16.1 Å². The van der Waals surface area contributed by atoms with Crippen molar-refractivity contribution in [3.8, 4) is 11.5 Å². The number of methoxy groups -OCH3 is 1. The van der Waals surface area contributed by atoms with Crippen LogP contribution in [-0.4, -0.2) is 43.5 Å². The third-order valence-electron chi connectivity index (χ3n) is 4.70. The number of benzene rings is 2. The van der Waals surface area contributed by atoms with Gasteiger partial charge in [-0.25, -0.2) is 0 Å². The Labute approximate surface area is 172 Å². The summed E-state index contributed by atoms with van der Waals surface area (Å²) in [6.07, 6.45) is 0. The molecule has 0 spiro atoms. The summed E-state index contributed by atoms with van der Waals surface area (Å²) >= 11 is 0. The standard InChI is InChI=1S/C23H30N2O4/c1-5-25(17-18-9-7-6-8-10-18)22(27)23(2,3)21(26)24-15-16-29-20-13-11-19(28-4)12-14-20/h6-14H,5,15-17H2,1-4H3,(H,24,26). The Hall–Kier alpha value is -3.02. The Balaban J connectivity index is 1.85. The van der Waals surface area contributed by atoms with Crippen molar-refractivity contribution < 1.29 is 19.1 Å². The molecule has 0 atom stereocenters. The van der Waals surface area contributed by atoms with E-state index in [2.05, 4.69) is 5.32 Å². The molecule has 1 N–H and O–H groups in total. The van der Waals surface area contributed by atoms with Crippen molar-refractivity contribution >= 4 is 11.8 Å². The monoisotopic (exact) mass is 398 g/mol. The van der Waals surface area contributed by atoms with Gasteiger partial charge >= 0.3 is 0 Å².